The SMILES string of the molecule is O=C(Nc1ccnc(C(F)(F)F)c1)c1cnn(-c2ccc3c4c(cnnc24)C(=O)N3)c1C(F)(F)F. The summed E-state index contributed by atoms with van der Waals surface area (Å²) < 4.78 is 81.3. The van der Waals surface area contributed by atoms with Gasteiger partial charge in [0, 0.05) is 17.3 Å². The maximum absolute atomic E-state index is 14.1. The summed E-state index contributed by atoms with van der Waals surface area (Å²) in [5.41, 5.74) is -4.09. The minimum atomic E-state index is -5.11. The summed E-state index contributed by atoms with van der Waals surface area (Å²) in [6.45, 7) is 0. The highest BCUT2D eigenvalue weighted by Crippen LogP contribution is 2.38. The van der Waals surface area contributed by atoms with E-state index in [4.69, 9.17) is 0 Å². The first-order chi connectivity index (χ1) is 16.4. The van der Waals surface area contributed by atoms with Crippen molar-refractivity contribution in [3.63, 3.8) is 0 Å². The van der Waals surface area contributed by atoms with Crippen LogP contribution in [0.4, 0.5) is 37.7 Å². The molecule has 35 heavy (non-hydrogen) atoms. The summed E-state index contributed by atoms with van der Waals surface area (Å²) in [5.74, 6) is -1.86. The fraction of sp³-hybridized carbons (Fsp3) is 0.100. The molecule has 4 heterocycles. The normalized spacial score (nSPS) is 13.3. The summed E-state index contributed by atoms with van der Waals surface area (Å²) in [5, 5.41) is 16.0. The number of halogens is 6. The van der Waals surface area contributed by atoms with Crippen LogP contribution in [-0.2, 0) is 12.4 Å². The minimum absolute atomic E-state index is 0.0807. The van der Waals surface area contributed by atoms with Gasteiger partial charge in [0.2, 0.25) is 0 Å². The Morgan fingerprint density at radius 3 is 2.51 bits per heavy atom. The number of alkyl halides is 6. The summed E-state index contributed by atoms with van der Waals surface area (Å²) in [6.07, 6.45) is -7.38. The monoisotopic (exact) mass is 493 g/mol. The molecule has 2 amide bonds. The Labute approximate surface area is 189 Å². The Balaban J connectivity index is 1.61. The van der Waals surface area contributed by atoms with E-state index in [1.54, 1.807) is 0 Å². The number of benzene rings is 1. The van der Waals surface area contributed by atoms with E-state index in [2.05, 4.69) is 25.6 Å². The molecule has 0 aliphatic carbocycles. The zero-order valence-corrected chi connectivity index (χ0v) is 16.9. The predicted octanol–water partition coefficient (Wildman–Crippen LogP) is 4.07. The quantitative estimate of drug-likeness (QED) is 0.416. The first-order valence-corrected chi connectivity index (χ1v) is 9.55. The van der Waals surface area contributed by atoms with Gasteiger partial charge >= 0.3 is 12.4 Å². The van der Waals surface area contributed by atoms with Gasteiger partial charge in [0.25, 0.3) is 11.8 Å². The molecule has 4 aromatic rings. The van der Waals surface area contributed by atoms with Crippen molar-refractivity contribution in [2.24, 2.45) is 0 Å². The third-order valence-corrected chi connectivity index (χ3v) is 5.08. The maximum Gasteiger partial charge on any atom is 0.434 e. The average Bonchev–Trinajstić information content (AvgIpc) is 3.37. The Bertz CT molecular complexity index is 1530. The fourth-order valence-electron chi connectivity index (χ4n) is 3.63. The number of anilines is 2. The van der Waals surface area contributed by atoms with Crippen LogP contribution in [0.2, 0.25) is 0 Å². The van der Waals surface area contributed by atoms with Crippen LogP contribution in [0.25, 0.3) is 16.6 Å². The molecule has 1 aromatic carbocycles. The van der Waals surface area contributed by atoms with Gasteiger partial charge in [-0.25, -0.2) is 4.68 Å². The predicted molar refractivity (Wildman–Crippen MR) is 107 cm³/mol. The van der Waals surface area contributed by atoms with Gasteiger partial charge in [-0.15, -0.1) is 5.10 Å². The van der Waals surface area contributed by atoms with Crippen molar-refractivity contribution >= 4 is 34.1 Å². The molecule has 0 saturated carbocycles. The highest BCUT2D eigenvalue weighted by Gasteiger charge is 2.41. The molecule has 2 N–H and O–H groups in total. The molecule has 15 heteroatoms. The number of nitrogens with zero attached hydrogens (tertiary/aromatic N) is 5. The van der Waals surface area contributed by atoms with E-state index < -0.39 is 46.8 Å². The lowest BCUT2D eigenvalue weighted by Gasteiger charge is -2.14. The van der Waals surface area contributed by atoms with Gasteiger partial charge in [0.1, 0.15) is 11.2 Å². The largest absolute Gasteiger partial charge is 0.434 e. The van der Waals surface area contributed by atoms with E-state index in [0.717, 1.165) is 18.5 Å². The van der Waals surface area contributed by atoms with Gasteiger partial charge < -0.3 is 10.6 Å². The molecule has 1 aliphatic heterocycles. The van der Waals surface area contributed by atoms with Crippen LogP contribution >= 0.6 is 0 Å². The second-order valence-corrected chi connectivity index (χ2v) is 7.27. The van der Waals surface area contributed by atoms with Crippen molar-refractivity contribution in [2.75, 3.05) is 10.6 Å². The standard InChI is InChI=1S/C20H9F6N7O2/c21-19(22,23)13-5-8(3-4-27-13)30-18(35)10-7-29-33(16(10)20(24,25)26)12-2-1-11-14-9(17(34)31-11)6-28-32-15(12)14/h1-7H,(H,31,34)(H,27,30,35). The zero-order chi connectivity index (χ0) is 25.1. The van der Waals surface area contributed by atoms with Gasteiger partial charge in [-0.05, 0) is 24.3 Å². The molecule has 0 saturated heterocycles. The van der Waals surface area contributed by atoms with Crippen molar-refractivity contribution in [1.82, 2.24) is 25.0 Å². The van der Waals surface area contributed by atoms with E-state index in [-0.39, 0.29) is 22.2 Å². The van der Waals surface area contributed by atoms with Crippen molar-refractivity contribution in [2.45, 2.75) is 12.4 Å². The highest BCUT2D eigenvalue weighted by molar-refractivity contribution is 6.24. The molecule has 0 unspecified atom stereocenters. The number of carbonyl (C=O) groups excluding carboxylic acids is 2. The molecular weight excluding hydrogens is 484 g/mol. The van der Waals surface area contributed by atoms with Crippen LogP contribution in [0.15, 0.2) is 42.9 Å². The number of aromatic nitrogens is 5. The average molecular weight is 493 g/mol. The molecular formula is C20H9F6N7O2. The van der Waals surface area contributed by atoms with Gasteiger partial charge in [0.15, 0.2) is 5.69 Å². The molecule has 3 aromatic heterocycles. The number of hydrogen-bond acceptors (Lipinski definition) is 6. The van der Waals surface area contributed by atoms with E-state index in [1.165, 1.54) is 12.1 Å². The zero-order valence-electron chi connectivity index (χ0n) is 16.9. The number of nitrogens with one attached hydrogen (secondary N) is 2. The van der Waals surface area contributed by atoms with Crippen molar-refractivity contribution in [3.8, 4) is 5.69 Å². The number of rotatable bonds is 3. The third-order valence-electron chi connectivity index (χ3n) is 5.08. The van der Waals surface area contributed by atoms with Gasteiger partial charge in [-0.2, -0.15) is 36.5 Å². The van der Waals surface area contributed by atoms with Crippen molar-refractivity contribution in [3.05, 3.63) is 65.4 Å². The van der Waals surface area contributed by atoms with Crippen LogP contribution in [0, 0.1) is 0 Å². The Hall–Kier alpha value is -4.56. The third kappa shape index (κ3) is 3.70. The summed E-state index contributed by atoms with van der Waals surface area (Å²) >= 11 is 0. The van der Waals surface area contributed by atoms with Crippen LogP contribution in [0.1, 0.15) is 32.1 Å². The lowest BCUT2D eigenvalue weighted by molar-refractivity contribution is -0.143. The van der Waals surface area contributed by atoms with E-state index >= 15 is 0 Å². The van der Waals surface area contributed by atoms with E-state index in [0.29, 0.717) is 22.6 Å². The van der Waals surface area contributed by atoms with Gasteiger partial charge in [-0.1, -0.05) is 0 Å². The maximum atomic E-state index is 14.1. The molecule has 178 valence electrons. The minimum Gasteiger partial charge on any atom is -0.322 e. The molecule has 0 radical (unpaired) electrons. The second kappa shape index (κ2) is 7.48. The number of hydrogen-bond donors (Lipinski definition) is 2. The van der Waals surface area contributed by atoms with E-state index in [9.17, 15) is 35.9 Å². The molecule has 0 atom stereocenters. The first-order valence-electron chi connectivity index (χ1n) is 9.55. The number of carbonyl (C=O) groups is 2. The second-order valence-electron chi connectivity index (χ2n) is 7.27. The molecule has 0 fully saturated rings. The lowest BCUT2D eigenvalue weighted by atomic mass is 10.1. The molecule has 0 bridgehead atoms. The molecule has 9 nitrogen and oxygen atoms in total. The lowest BCUT2D eigenvalue weighted by Crippen LogP contribution is -2.21. The van der Waals surface area contributed by atoms with Crippen LogP contribution in [0.5, 0.6) is 0 Å². The number of amides is 2. The Morgan fingerprint density at radius 2 is 1.80 bits per heavy atom. The van der Waals surface area contributed by atoms with E-state index in [1.807, 2.05) is 5.32 Å². The Kier molecular flexibility index (Phi) is 4.75. The summed E-state index contributed by atoms with van der Waals surface area (Å²) in [6, 6.07) is 4.04. The van der Waals surface area contributed by atoms with Gasteiger partial charge in [0.05, 0.1) is 34.9 Å². The molecule has 0 spiro atoms. The fourth-order valence-corrected chi connectivity index (χ4v) is 3.63. The van der Waals surface area contributed by atoms with Crippen LogP contribution in [0.3, 0.4) is 0 Å². The molecule has 1 aliphatic rings. The Morgan fingerprint density at radius 1 is 1.03 bits per heavy atom. The van der Waals surface area contributed by atoms with Crippen molar-refractivity contribution < 1.29 is 35.9 Å². The highest BCUT2D eigenvalue weighted by atomic mass is 19.4. The summed E-state index contributed by atoms with van der Waals surface area (Å²) in [7, 11) is 0. The smallest absolute Gasteiger partial charge is 0.322 e. The first kappa shape index (κ1) is 22.2. The molecule has 5 rings (SSSR count). The van der Waals surface area contributed by atoms with Crippen LogP contribution < -0.4 is 10.6 Å². The van der Waals surface area contributed by atoms with Crippen LogP contribution in [-0.4, -0.2) is 36.8 Å². The summed E-state index contributed by atoms with van der Waals surface area (Å²) in [4.78, 5) is 27.9. The number of pyridine rings is 1. The van der Waals surface area contributed by atoms with Gasteiger partial charge in [-0.3, -0.25) is 14.6 Å². The van der Waals surface area contributed by atoms with Crippen molar-refractivity contribution in [1.29, 1.82) is 0 Å². The topological polar surface area (TPSA) is 115 Å².